The highest BCUT2D eigenvalue weighted by atomic mass is 35.5. The van der Waals surface area contributed by atoms with Crippen LogP contribution in [0, 0.1) is 0 Å². The van der Waals surface area contributed by atoms with E-state index < -0.39 is 6.04 Å². The number of carbonyl (C=O) groups is 2. The van der Waals surface area contributed by atoms with Crippen molar-refractivity contribution in [2.45, 2.75) is 25.9 Å². The Morgan fingerprint density at radius 1 is 1.44 bits per heavy atom. The molecule has 0 radical (unpaired) electrons. The molecule has 0 aromatic heterocycles. The molecule has 1 aromatic carbocycles. The lowest BCUT2D eigenvalue weighted by molar-refractivity contribution is -0.141. The molecule has 1 atom stereocenters. The molecule has 2 rings (SSSR count). The zero-order valence-corrected chi connectivity index (χ0v) is 15.9. The van der Waals surface area contributed by atoms with Crippen LogP contribution < -0.4 is 5.32 Å². The first kappa shape index (κ1) is 21.7. The van der Waals surface area contributed by atoms with Crippen LogP contribution in [-0.2, 0) is 16.1 Å². The number of likely N-dealkylation sites (N-methyl/N-ethyl adjacent to an activating group) is 1. The summed E-state index contributed by atoms with van der Waals surface area (Å²) in [5.41, 5.74) is 0.898. The summed E-state index contributed by atoms with van der Waals surface area (Å²) < 4.78 is 0. The standard InChI is InChI=1S/C17H24ClN3O3.ClH/c1-2-20(9-10-22)16(23)11-15-17(24)21(8-7-19-15)12-13-5-3-4-6-14(13)18;/h3-6,15,19,22H,2,7-12H2,1H3;1H. The molecule has 1 saturated heterocycles. The van der Waals surface area contributed by atoms with Crippen LogP contribution in [0.4, 0.5) is 0 Å². The number of aliphatic hydroxyl groups is 1. The van der Waals surface area contributed by atoms with Gasteiger partial charge in [-0.3, -0.25) is 9.59 Å². The summed E-state index contributed by atoms with van der Waals surface area (Å²) >= 11 is 6.17. The van der Waals surface area contributed by atoms with Gasteiger partial charge in [0.05, 0.1) is 19.1 Å². The Morgan fingerprint density at radius 2 is 2.16 bits per heavy atom. The molecule has 25 heavy (non-hydrogen) atoms. The molecule has 8 heteroatoms. The van der Waals surface area contributed by atoms with E-state index in [0.717, 1.165) is 5.56 Å². The van der Waals surface area contributed by atoms with Crippen molar-refractivity contribution in [3.05, 3.63) is 34.9 Å². The van der Waals surface area contributed by atoms with Crippen LogP contribution >= 0.6 is 24.0 Å². The minimum atomic E-state index is -0.526. The van der Waals surface area contributed by atoms with Crippen molar-refractivity contribution in [2.75, 3.05) is 32.8 Å². The first-order valence-corrected chi connectivity index (χ1v) is 8.58. The number of amides is 2. The lowest BCUT2D eigenvalue weighted by Crippen LogP contribution is -2.56. The molecule has 1 aliphatic rings. The van der Waals surface area contributed by atoms with Gasteiger partial charge in [-0.05, 0) is 18.6 Å². The van der Waals surface area contributed by atoms with Crippen LogP contribution in [0.3, 0.4) is 0 Å². The Morgan fingerprint density at radius 3 is 2.80 bits per heavy atom. The third-order valence-electron chi connectivity index (χ3n) is 4.18. The van der Waals surface area contributed by atoms with Crippen LogP contribution in [0.2, 0.25) is 5.02 Å². The van der Waals surface area contributed by atoms with Gasteiger partial charge in [0.1, 0.15) is 0 Å². The number of halogens is 2. The summed E-state index contributed by atoms with van der Waals surface area (Å²) in [6.07, 6.45) is 0.103. The summed E-state index contributed by atoms with van der Waals surface area (Å²) in [5.74, 6) is -0.216. The van der Waals surface area contributed by atoms with E-state index in [2.05, 4.69) is 5.32 Å². The number of benzene rings is 1. The quantitative estimate of drug-likeness (QED) is 0.736. The molecule has 0 saturated carbocycles. The number of aliphatic hydroxyl groups excluding tert-OH is 1. The minimum absolute atomic E-state index is 0. The van der Waals surface area contributed by atoms with Gasteiger partial charge in [-0.25, -0.2) is 0 Å². The first-order valence-electron chi connectivity index (χ1n) is 8.21. The van der Waals surface area contributed by atoms with Crippen LogP contribution in [0.15, 0.2) is 24.3 Å². The fraction of sp³-hybridized carbons (Fsp3) is 0.529. The van der Waals surface area contributed by atoms with Crippen molar-refractivity contribution < 1.29 is 14.7 Å². The number of piperazine rings is 1. The van der Waals surface area contributed by atoms with E-state index in [0.29, 0.717) is 37.7 Å². The second kappa shape index (κ2) is 10.6. The highest BCUT2D eigenvalue weighted by Gasteiger charge is 2.31. The molecule has 1 aromatic rings. The Kier molecular flexibility index (Phi) is 9.21. The van der Waals surface area contributed by atoms with Crippen molar-refractivity contribution in [3.63, 3.8) is 0 Å². The zero-order chi connectivity index (χ0) is 17.5. The predicted molar refractivity (Wildman–Crippen MR) is 99.9 cm³/mol. The van der Waals surface area contributed by atoms with Gasteiger partial charge in [-0.15, -0.1) is 12.4 Å². The fourth-order valence-electron chi connectivity index (χ4n) is 2.82. The van der Waals surface area contributed by atoms with Crippen molar-refractivity contribution in [1.82, 2.24) is 15.1 Å². The maximum absolute atomic E-state index is 12.6. The number of nitrogens with one attached hydrogen (secondary N) is 1. The molecule has 1 unspecified atom stereocenters. The van der Waals surface area contributed by atoms with Gasteiger partial charge in [0, 0.05) is 37.7 Å². The summed E-state index contributed by atoms with van der Waals surface area (Å²) in [6, 6.07) is 6.92. The van der Waals surface area contributed by atoms with Crippen molar-refractivity contribution in [3.8, 4) is 0 Å². The molecule has 1 heterocycles. The first-order chi connectivity index (χ1) is 11.6. The highest BCUT2D eigenvalue weighted by molar-refractivity contribution is 6.31. The van der Waals surface area contributed by atoms with E-state index >= 15 is 0 Å². The summed E-state index contributed by atoms with van der Waals surface area (Å²) in [4.78, 5) is 28.2. The Bertz CT molecular complexity index is 586. The van der Waals surface area contributed by atoms with E-state index in [4.69, 9.17) is 16.7 Å². The molecule has 1 aliphatic heterocycles. The molecule has 2 amide bonds. The van der Waals surface area contributed by atoms with Gasteiger partial charge < -0.3 is 20.2 Å². The number of rotatable bonds is 7. The molecular weight excluding hydrogens is 365 g/mol. The third kappa shape index (κ3) is 5.85. The number of carbonyl (C=O) groups excluding carboxylic acids is 2. The average molecular weight is 390 g/mol. The predicted octanol–water partition coefficient (Wildman–Crippen LogP) is 1.29. The Balaban J connectivity index is 0.00000312. The van der Waals surface area contributed by atoms with Gasteiger partial charge in [0.15, 0.2) is 0 Å². The lowest BCUT2D eigenvalue weighted by Gasteiger charge is -2.34. The van der Waals surface area contributed by atoms with Crippen molar-refractivity contribution >= 4 is 35.8 Å². The van der Waals surface area contributed by atoms with E-state index in [1.54, 1.807) is 15.9 Å². The summed E-state index contributed by atoms with van der Waals surface area (Å²) in [7, 11) is 0. The smallest absolute Gasteiger partial charge is 0.240 e. The summed E-state index contributed by atoms with van der Waals surface area (Å²) in [5, 5.41) is 12.8. The topological polar surface area (TPSA) is 72.9 Å². The van der Waals surface area contributed by atoms with Crippen LogP contribution in [-0.4, -0.2) is 65.5 Å². The zero-order valence-electron chi connectivity index (χ0n) is 14.3. The van der Waals surface area contributed by atoms with Crippen LogP contribution in [0.25, 0.3) is 0 Å². The van der Waals surface area contributed by atoms with E-state index in [1.807, 2.05) is 25.1 Å². The largest absolute Gasteiger partial charge is 0.395 e. The number of hydrogen-bond acceptors (Lipinski definition) is 4. The monoisotopic (exact) mass is 389 g/mol. The Hall–Kier alpha value is -1.34. The van der Waals surface area contributed by atoms with Crippen LogP contribution in [0.1, 0.15) is 18.9 Å². The molecule has 6 nitrogen and oxygen atoms in total. The second-order valence-corrected chi connectivity index (χ2v) is 6.17. The molecule has 1 fully saturated rings. The van der Waals surface area contributed by atoms with E-state index in [1.165, 1.54) is 0 Å². The molecule has 0 aliphatic carbocycles. The average Bonchev–Trinajstić information content (AvgIpc) is 2.58. The van der Waals surface area contributed by atoms with E-state index in [-0.39, 0.29) is 37.2 Å². The number of hydrogen-bond donors (Lipinski definition) is 2. The molecule has 0 bridgehead atoms. The second-order valence-electron chi connectivity index (χ2n) is 5.76. The van der Waals surface area contributed by atoms with Crippen LogP contribution in [0.5, 0.6) is 0 Å². The normalized spacial score (nSPS) is 17.2. The van der Waals surface area contributed by atoms with Gasteiger partial charge in [0.2, 0.25) is 11.8 Å². The molecule has 0 spiro atoms. The number of nitrogens with zero attached hydrogens (tertiary/aromatic N) is 2. The minimum Gasteiger partial charge on any atom is -0.395 e. The third-order valence-corrected chi connectivity index (χ3v) is 4.55. The van der Waals surface area contributed by atoms with E-state index in [9.17, 15) is 9.59 Å². The fourth-order valence-corrected chi connectivity index (χ4v) is 3.02. The van der Waals surface area contributed by atoms with Gasteiger partial charge in [-0.2, -0.15) is 0 Å². The van der Waals surface area contributed by atoms with Crippen molar-refractivity contribution in [1.29, 1.82) is 0 Å². The van der Waals surface area contributed by atoms with Gasteiger partial charge >= 0.3 is 0 Å². The maximum Gasteiger partial charge on any atom is 0.240 e. The SMILES string of the molecule is CCN(CCO)C(=O)CC1NCCN(Cc2ccccc2Cl)C1=O.Cl. The van der Waals surface area contributed by atoms with Gasteiger partial charge in [-0.1, -0.05) is 29.8 Å². The van der Waals surface area contributed by atoms with Gasteiger partial charge in [0.25, 0.3) is 0 Å². The Labute approximate surface area is 159 Å². The highest BCUT2D eigenvalue weighted by Crippen LogP contribution is 2.18. The summed E-state index contributed by atoms with van der Waals surface area (Å²) in [6.45, 7) is 4.25. The molecule has 140 valence electrons. The van der Waals surface area contributed by atoms with Crippen molar-refractivity contribution in [2.24, 2.45) is 0 Å². The maximum atomic E-state index is 12.6. The molecule has 2 N–H and O–H groups in total. The molecular formula is C17H25Cl2N3O3. The lowest BCUT2D eigenvalue weighted by atomic mass is 10.1.